The number of nitrogens with zero attached hydrogens (tertiary/aromatic N) is 3. The minimum atomic E-state index is -5.01. The van der Waals surface area contributed by atoms with Crippen molar-refractivity contribution in [1.29, 1.82) is 0 Å². The first-order chi connectivity index (χ1) is 16.4. The molecule has 2 aromatic heterocycles. The van der Waals surface area contributed by atoms with Crippen molar-refractivity contribution in [2.24, 2.45) is 0 Å². The number of nitrogens with one attached hydrogen (secondary N) is 1. The maximum Gasteiger partial charge on any atom is 0.416 e. The van der Waals surface area contributed by atoms with Gasteiger partial charge in [0.25, 0.3) is 5.91 Å². The Balaban J connectivity index is 1.63. The lowest BCUT2D eigenvalue weighted by Crippen LogP contribution is -2.25. The molecule has 0 fully saturated rings. The highest BCUT2D eigenvalue weighted by Gasteiger charge is 2.37. The van der Waals surface area contributed by atoms with Crippen LogP contribution in [0.1, 0.15) is 27.0 Å². The summed E-state index contributed by atoms with van der Waals surface area (Å²) in [7, 11) is 0. The average molecular weight is 513 g/mol. The number of amides is 1. The standard InChI is InChI=1S/C23H15ClF6N4O/c24-18-4-1-13(2-5-18)7-8-31-21(35)14-3-6-19-32-33-20(34(19)12-14)15-9-16(22(25,26)27)11-17(10-15)23(28,29)30/h1-6,9-12H,7-8H2,(H,31,35). The van der Waals surface area contributed by atoms with Crippen LogP contribution in [0, 0.1) is 0 Å². The van der Waals surface area contributed by atoms with Crippen LogP contribution in [0.3, 0.4) is 0 Å². The van der Waals surface area contributed by atoms with Crippen molar-refractivity contribution in [2.45, 2.75) is 18.8 Å². The molecular formula is C23H15ClF6N4O. The summed E-state index contributed by atoms with van der Waals surface area (Å²) in [4.78, 5) is 12.6. The van der Waals surface area contributed by atoms with Crippen LogP contribution in [-0.2, 0) is 18.8 Å². The minimum absolute atomic E-state index is 0.0340. The number of fused-ring (bicyclic) bond motifs is 1. The third-order valence-corrected chi connectivity index (χ3v) is 5.37. The molecule has 2 aromatic carbocycles. The number of pyridine rings is 1. The van der Waals surface area contributed by atoms with Gasteiger partial charge in [-0.25, -0.2) is 0 Å². The maximum absolute atomic E-state index is 13.3. The van der Waals surface area contributed by atoms with Crippen molar-refractivity contribution in [3.05, 3.63) is 88.1 Å². The van der Waals surface area contributed by atoms with E-state index in [1.807, 2.05) is 12.1 Å². The lowest BCUT2D eigenvalue weighted by atomic mass is 10.0. The summed E-state index contributed by atoms with van der Waals surface area (Å²) in [5, 5.41) is 10.8. The molecule has 0 aliphatic heterocycles. The number of benzene rings is 2. The number of hydrogen-bond acceptors (Lipinski definition) is 3. The monoisotopic (exact) mass is 512 g/mol. The molecule has 4 aromatic rings. The van der Waals surface area contributed by atoms with Gasteiger partial charge in [0.05, 0.1) is 16.7 Å². The zero-order valence-corrected chi connectivity index (χ0v) is 18.3. The van der Waals surface area contributed by atoms with Gasteiger partial charge in [-0.2, -0.15) is 26.3 Å². The first-order valence-corrected chi connectivity index (χ1v) is 10.5. The molecule has 0 unspecified atom stereocenters. The van der Waals surface area contributed by atoms with E-state index >= 15 is 0 Å². The Morgan fingerprint density at radius 2 is 1.51 bits per heavy atom. The average Bonchev–Trinajstić information content (AvgIpc) is 3.22. The molecule has 0 bridgehead atoms. The minimum Gasteiger partial charge on any atom is -0.352 e. The van der Waals surface area contributed by atoms with Crippen LogP contribution in [0.25, 0.3) is 17.0 Å². The lowest BCUT2D eigenvalue weighted by molar-refractivity contribution is -0.143. The van der Waals surface area contributed by atoms with Crippen molar-refractivity contribution in [2.75, 3.05) is 6.54 Å². The van der Waals surface area contributed by atoms with Crippen LogP contribution in [-0.4, -0.2) is 27.0 Å². The second-order valence-electron chi connectivity index (χ2n) is 7.60. The van der Waals surface area contributed by atoms with E-state index < -0.39 is 35.0 Å². The van der Waals surface area contributed by atoms with Gasteiger partial charge in [0.2, 0.25) is 0 Å². The Kier molecular flexibility index (Phi) is 6.46. The first-order valence-electron chi connectivity index (χ1n) is 10.1. The number of halogens is 7. The van der Waals surface area contributed by atoms with E-state index in [9.17, 15) is 31.1 Å². The highest BCUT2D eigenvalue weighted by molar-refractivity contribution is 6.30. The maximum atomic E-state index is 13.3. The van der Waals surface area contributed by atoms with Gasteiger partial charge in [0, 0.05) is 23.3 Å². The second kappa shape index (κ2) is 9.21. The Morgan fingerprint density at radius 1 is 0.886 bits per heavy atom. The Hall–Kier alpha value is -3.60. The van der Waals surface area contributed by atoms with Gasteiger partial charge in [-0.3, -0.25) is 9.20 Å². The molecule has 5 nitrogen and oxygen atoms in total. The van der Waals surface area contributed by atoms with Gasteiger partial charge in [0.15, 0.2) is 11.5 Å². The summed E-state index contributed by atoms with van der Waals surface area (Å²) in [6.45, 7) is 0.288. The third kappa shape index (κ3) is 5.56. The SMILES string of the molecule is O=C(NCCc1ccc(Cl)cc1)c1ccc2nnc(-c3cc(C(F)(F)F)cc(C(F)(F)F)c3)n2c1. The number of carbonyl (C=O) groups excluding carboxylic acids is 1. The quantitative estimate of drug-likeness (QED) is 0.331. The summed E-state index contributed by atoms with van der Waals surface area (Å²) in [5.74, 6) is -0.757. The zero-order chi connectivity index (χ0) is 25.4. The Morgan fingerprint density at radius 3 is 2.11 bits per heavy atom. The van der Waals surface area contributed by atoms with E-state index in [1.165, 1.54) is 22.7 Å². The third-order valence-electron chi connectivity index (χ3n) is 5.12. The highest BCUT2D eigenvalue weighted by Crippen LogP contribution is 2.38. The summed E-state index contributed by atoms with van der Waals surface area (Å²) in [5.41, 5.74) is -2.19. The van der Waals surface area contributed by atoms with Gasteiger partial charge in [-0.1, -0.05) is 23.7 Å². The van der Waals surface area contributed by atoms with Crippen molar-refractivity contribution >= 4 is 23.2 Å². The van der Waals surface area contributed by atoms with Gasteiger partial charge >= 0.3 is 12.4 Å². The van der Waals surface area contributed by atoms with E-state index in [0.29, 0.717) is 23.6 Å². The van der Waals surface area contributed by atoms with E-state index in [4.69, 9.17) is 11.6 Å². The zero-order valence-electron chi connectivity index (χ0n) is 17.6. The normalized spacial score (nSPS) is 12.2. The summed E-state index contributed by atoms with van der Waals surface area (Å²) < 4.78 is 80.7. The van der Waals surface area contributed by atoms with Crippen LogP contribution in [0.5, 0.6) is 0 Å². The van der Waals surface area contributed by atoms with Gasteiger partial charge < -0.3 is 5.32 Å². The van der Waals surface area contributed by atoms with Crippen LogP contribution in [0.15, 0.2) is 60.8 Å². The predicted octanol–water partition coefficient (Wildman–Crippen LogP) is 6.06. The van der Waals surface area contributed by atoms with Crippen LogP contribution in [0.4, 0.5) is 26.3 Å². The largest absolute Gasteiger partial charge is 0.416 e. The number of hydrogen-bond donors (Lipinski definition) is 1. The smallest absolute Gasteiger partial charge is 0.352 e. The molecule has 1 amide bonds. The molecule has 0 spiro atoms. The number of carbonyl (C=O) groups is 1. The molecule has 0 saturated heterocycles. The molecule has 0 atom stereocenters. The fraction of sp³-hybridized carbons (Fsp3) is 0.174. The molecule has 12 heteroatoms. The highest BCUT2D eigenvalue weighted by atomic mass is 35.5. The first kappa shape index (κ1) is 24.5. The predicted molar refractivity (Wildman–Crippen MR) is 116 cm³/mol. The fourth-order valence-electron chi connectivity index (χ4n) is 3.38. The number of alkyl halides is 6. The Labute approximate surface area is 199 Å². The molecule has 0 saturated carbocycles. The molecule has 0 aliphatic carbocycles. The van der Waals surface area contributed by atoms with E-state index in [1.54, 1.807) is 12.1 Å². The molecule has 0 aliphatic rings. The Bertz CT molecular complexity index is 1350. The number of aromatic nitrogens is 3. The summed E-state index contributed by atoms with van der Waals surface area (Å²) in [6, 6.07) is 11.0. The molecule has 182 valence electrons. The van der Waals surface area contributed by atoms with Gasteiger partial charge in [-0.15, -0.1) is 10.2 Å². The second-order valence-corrected chi connectivity index (χ2v) is 8.03. The van der Waals surface area contributed by atoms with Crippen LogP contribution in [0.2, 0.25) is 5.02 Å². The van der Waals surface area contributed by atoms with E-state index in [0.717, 1.165) is 5.56 Å². The topological polar surface area (TPSA) is 59.3 Å². The molecule has 35 heavy (non-hydrogen) atoms. The van der Waals surface area contributed by atoms with Crippen molar-refractivity contribution in [1.82, 2.24) is 19.9 Å². The molecule has 0 radical (unpaired) electrons. The van der Waals surface area contributed by atoms with Crippen LogP contribution < -0.4 is 5.32 Å². The molecule has 1 N–H and O–H groups in total. The molecule has 4 rings (SSSR count). The van der Waals surface area contributed by atoms with Crippen molar-refractivity contribution in [3.8, 4) is 11.4 Å². The fourth-order valence-corrected chi connectivity index (χ4v) is 3.51. The van der Waals surface area contributed by atoms with E-state index in [2.05, 4.69) is 15.5 Å². The van der Waals surface area contributed by atoms with Gasteiger partial charge in [-0.05, 0) is 54.4 Å². The van der Waals surface area contributed by atoms with E-state index in [-0.39, 0.29) is 29.6 Å². The van der Waals surface area contributed by atoms with Gasteiger partial charge in [0.1, 0.15) is 0 Å². The summed E-state index contributed by atoms with van der Waals surface area (Å²) in [6.07, 6.45) is -8.24. The van der Waals surface area contributed by atoms with Crippen molar-refractivity contribution < 1.29 is 31.1 Å². The van der Waals surface area contributed by atoms with Crippen LogP contribution >= 0.6 is 11.6 Å². The summed E-state index contributed by atoms with van der Waals surface area (Å²) >= 11 is 5.84. The van der Waals surface area contributed by atoms with Crippen molar-refractivity contribution in [3.63, 3.8) is 0 Å². The number of rotatable bonds is 5. The lowest BCUT2D eigenvalue weighted by Gasteiger charge is -2.13. The molecule has 2 heterocycles. The molecular weight excluding hydrogens is 498 g/mol.